The van der Waals surface area contributed by atoms with Gasteiger partial charge in [0.2, 0.25) is 5.91 Å². The number of aliphatic hydroxyl groups is 1. The molecule has 6 heteroatoms. The van der Waals surface area contributed by atoms with E-state index in [1.165, 1.54) is 4.90 Å². The average molecular weight is 235 g/mol. The monoisotopic (exact) mass is 235 g/mol. The van der Waals surface area contributed by atoms with Crippen LogP contribution < -0.4 is 0 Å². The van der Waals surface area contributed by atoms with E-state index in [1.54, 1.807) is 20.9 Å². The maximum atomic E-state index is 11.5. The Labute approximate surface area is 93.5 Å². The number of thioether (sulfide) groups is 1. The van der Waals surface area contributed by atoms with Gasteiger partial charge < -0.3 is 15.1 Å². The van der Waals surface area contributed by atoms with Gasteiger partial charge in [0.15, 0.2) is 0 Å². The summed E-state index contributed by atoms with van der Waals surface area (Å²) in [4.78, 5) is 23.2. The normalized spacial score (nSPS) is 11.2. The van der Waals surface area contributed by atoms with E-state index in [9.17, 15) is 9.59 Å². The summed E-state index contributed by atoms with van der Waals surface area (Å²) in [5, 5.41) is 17.4. The van der Waals surface area contributed by atoms with Crippen LogP contribution in [-0.2, 0) is 9.59 Å². The molecular weight excluding hydrogens is 218 g/mol. The molecule has 0 fully saturated rings. The number of carbonyl (C=O) groups is 2. The van der Waals surface area contributed by atoms with Crippen LogP contribution in [0.25, 0.3) is 0 Å². The van der Waals surface area contributed by atoms with Crippen molar-refractivity contribution in [2.24, 2.45) is 0 Å². The fourth-order valence-corrected chi connectivity index (χ4v) is 1.41. The zero-order valence-corrected chi connectivity index (χ0v) is 10.0. The van der Waals surface area contributed by atoms with Gasteiger partial charge in [-0.05, 0) is 13.8 Å². The molecule has 0 saturated carbocycles. The van der Waals surface area contributed by atoms with Gasteiger partial charge in [-0.3, -0.25) is 9.59 Å². The van der Waals surface area contributed by atoms with Crippen LogP contribution >= 0.6 is 11.8 Å². The van der Waals surface area contributed by atoms with Crippen molar-refractivity contribution in [3.8, 4) is 0 Å². The molecule has 0 saturated heterocycles. The number of aliphatic carboxylic acids is 1. The Kier molecular flexibility index (Phi) is 5.67. The molecule has 0 aromatic carbocycles. The molecule has 0 spiro atoms. The molecule has 0 aliphatic rings. The average Bonchev–Trinajstić information content (AvgIpc) is 2.15. The largest absolute Gasteiger partial charge is 0.481 e. The number of carboxylic acid groups (broad SMARTS) is 1. The van der Waals surface area contributed by atoms with Crippen LogP contribution in [0.1, 0.15) is 13.8 Å². The molecule has 0 aromatic heterocycles. The third kappa shape index (κ3) is 5.03. The number of hydrogen-bond acceptors (Lipinski definition) is 4. The number of amides is 1. The Bertz CT molecular complexity index is 242. The van der Waals surface area contributed by atoms with Gasteiger partial charge in [-0.2, -0.15) is 0 Å². The number of likely N-dealkylation sites (N-methyl/N-ethyl adjacent to an activating group) is 1. The summed E-state index contributed by atoms with van der Waals surface area (Å²) in [5.41, 5.74) is -0.610. The van der Waals surface area contributed by atoms with E-state index < -0.39 is 11.5 Å². The first-order chi connectivity index (χ1) is 6.81. The predicted molar refractivity (Wildman–Crippen MR) is 58.9 cm³/mol. The van der Waals surface area contributed by atoms with E-state index in [0.29, 0.717) is 0 Å². The van der Waals surface area contributed by atoms with Gasteiger partial charge in [-0.1, -0.05) is 0 Å². The van der Waals surface area contributed by atoms with E-state index in [-0.39, 0.29) is 24.0 Å². The van der Waals surface area contributed by atoms with Gasteiger partial charge >= 0.3 is 5.97 Å². The van der Waals surface area contributed by atoms with Gasteiger partial charge in [0, 0.05) is 7.05 Å². The Morgan fingerprint density at radius 3 is 2.27 bits per heavy atom. The quantitative estimate of drug-likeness (QED) is 0.679. The topological polar surface area (TPSA) is 77.8 Å². The molecule has 88 valence electrons. The lowest BCUT2D eigenvalue weighted by atomic mass is 10.1. The van der Waals surface area contributed by atoms with Crippen molar-refractivity contribution in [1.29, 1.82) is 0 Å². The second kappa shape index (κ2) is 5.97. The highest BCUT2D eigenvalue weighted by molar-refractivity contribution is 8.00. The van der Waals surface area contributed by atoms with E-state index >= 15 is 0 Å². The van der Waals surface area contributed by atoms with Crippen LogP contribution in [0.3, 0.4) is 0 Å². The minimum absolute atomic E-state index is 0.0842. The Balaban J connectivity index is 4.05. The summed E-state index contributed by atoms with van der Waals surface area (Å²) in [7, 11) is 1.60. The van der Waals surface area contributed by atoms with Crippen molar-refractivity contribution in [2.45, 2.75) is 19.4 Å². The lowest BCUT2D eigenvalue weighted by Crippen LogP contribution is -2.48. The van der Waals surface area contributed by atoms with Gasteiger partial charge in [0.1, 0.15) is 0 Å². The summed E-state index contributed by atoms with van der Waals surface area (Å²) in [6, 6.07) is 0. The molecule has 0 aliphatic carbocycles. The first-order valence-electron chi connectivity index (χ1n) is 4.48. The van der Waals surface area contributed by atoms with Crippen LogP contribution in [0.15, 0.2) is 0 Å². The van der Waals surface area contributed by atoms with E-state index in [0.717, 1.165) is 11.8 Å². The highest BCUT2D eigenvalue weighted by atomic mass is 32.2. The fourth-order valence-electron chi connectivity index (χ4n) is 0.766. The maximum Gasteiger partial charge on any atom is 0.313 e. The lowest BCUT2D eigenvalue weighted by Gasteiger charge is -2.33. The summed E-state index contributed by atoms with van der Waals surface area (Å²) >= 11 is 1.05. The smallest absolute Gasteiger partial charge is 0.313 e. The highest BCUT2D eigenvalue weighted by Gasteiger charge is 2.26. The van der Waals surface area contributed by atoms with Crippen molar-refractivity contribution < 1.29 is 19.8 Å². The zero-order valence-electron chi connectivity index (χ0n) is 9.19. The number of hydrogen-bond donors (Lipinski definition) is 2. The number of nitrogens with zero attached hydrogens (tertiary/aromatic N) is 1. The van der Waals surface area contributed by atoms with Crippen molar-refractivity contribution >= 4 is 23.6 Å². The van der Waals surface area contributed by atoms with Gasteiger partial charge in [0.25, 0.3) is 0 Å². The molecule has 0 bridgehead atoms. The third-order valence-electron chi connectivity index (χ3n) is 2.12. The van der Waals surface area contributed by atoms with E-state index in [4.69, 9.17) is 10.2 Å². The van der Waals surface area contributed by atoms with E-state index in [2.05, 4.69) is 0 Å². The van der Waals surface area contributed by atoms with E-state index in [1.807, 2.05) is 0 Å². The van der Waals surface area contributed by atoms with Gasteiger partial charge in [0.05, 0.1) is 23.7 Å². The maximum absolute atomic E-state index is 11.5. The molecular formula is C9H17NO4S. The zero-order chi connectivity index (χ0) is 12.1. The van der Waals surface area contributed by atoms with Crippen LogP contribution in [-0.4, -0.2) is 57.7 Å². The Hall–Kier alpha value is -0.750. The molecule has 0 heterocycles. The van der Waals surface area contributed by atoms with Crippen molar-refractivity contribution in [2.75, 3.05) is 25.2 Å². The molecule has 2 N–H and O–H groups in total. The van der Waals surface area contributed by atoms with Crippen LogP contribution in [0.4, 0.5) is 0 Å². The minimum Gasteiger partial charge on any atom is -0.481 e. The van der Waals surface area contributed by atoms with Crippen LogP contribution in [0.2, 0.25) is 0 Å². The molecule has 0 aliphatic heterocycles. The summed E-state index contributed by atoms with van der Waals surface area (Å²) < 4.78 is 0. The molecule has 0 unspecified atom stereocenters. The standard InChI is InChI=1S/C9H17NO4S/c1-9(2,6-11)10(3)7(12)4-15-5-8(13)14/h11H,4-6H2,1-3H3,(H,13,14). The minimum atomic E-state index is -0.933. The molecule has 0 radical (unpaired) electrons. The molecule has 0 rings (SSSR count). The number of carboxylic acids is 1. The molecule has 0 atom stereocenters. The van der Waals surface area contributed by atoms with Gasteiger partial charge in [-0.15, -0.1) is 11.8 Å². The summed E-state index contributed by atoms with van der Waals surface area (Å²) in [6.07, 6.45) is 0. The number of rotatable bonds is 6. The molecule has 1 amide bonds. The SMILES string of the molecule is CN(C(=O)CSCC(=O)O)C(C)(C)CO. The van der Waals surface area contributed by atoms with Crippen molar-refractivity contribution in [3.63, 3.8) is 0 Å². The molecule has 0 aromatic rings. The molecule has 5 nitrogen and oxygen atoms in total. The lowest BCUT2D eigenvalue weighted by molar-refractivity contribution is -0.134. The first kappa shape index (κ1) is 14.2. The van der Waals surface area contributed by atoms with Gasteiger partial charge in [-0.25, -0.2) is 0 Å². The highest BCUT2D eigenvalue weighted by Crippen LogP contribution is 2.13. The molecule has 15 heavy (non-hydrogen) atoms. The second-order valence-electron chi connectivity index (χ2n) is 3.81. The Morgan fingerprint density at radius 2 is 1.87 bits per heavy atom. The number of aliphatic hydroxyl groups excluding tert-OH is 1. The first-order valence-corrected chi connectivity index (χ1v) is 5.64. The van der Waals surface area contributed by atoms with Crippen LogP contribution in [0.5, 0.6) is 0 Å². The fraction of sp³-hybridized carbons (Fsp3) is 0.778. The second-order valence-corrected chi connectivity index (χ2v) is 4.80. The summed E-state index contributed by atoms with van der Waals surface area (Å²) in [5.74, 6) is -1.08. The Morgan fingerprint density at radius 1 is 1.33 bits per heavy atom. The number of carbonyl (C=O) groups excluding carboxylic acids is 1. The van der Waals surface area contributed by atoms with Crippen molar-refractivity contribution in [1.82, 2.24) is 4.90 Å². The predicted octanol–water partition coefficient (Wildman–Crippen LogP) is 0.0335. The third-order valence-corrected chi connectivity index (χ3v) is 3.02. The van der Waals surface area contributed by atoms with Crippen molar-refractivity contribution in [3.05, 3.63) is 0 Å². The summed E-state index contributed by atoms with van der Waals surface area (Å²) in [6.45, 7) is 3.36. The van der Waals surface area contributed by atoms with Crippen LogP contribution in [0, 0.1) is 0 Å².